The Labute approximate surface area is 157 Å². The topological polar surface area (TPSA) is 89.0 Å². The summed E-state index contributed by atoms with van der Waals surface area (Å²) in [6.45, 7) is 4.46. The number of hydrogen-bond acceptors (Lipinski definition) is 6. The molecular weight excluding hydrogens is 342 g/mol. The standard InChI is InChI=1S/C20H21N5O2/c1-14(2)27-18-6-4-3-5-16(18)25-20(26)17-12-24-19(13-22-17)23-11-15-7-9-21-10-8-15/h3-10,12-14H,11H2,1-2H3,(H,23,24)(H,25,26). The number of para-hydroxylation sites is 2. The molecule has 1 aromatic carbocycles. The average Bonchev–Trinajstić information content (AvgIpc) is 2.69. The highest BCUT2D eigenvalue weighted by atomic mass is 16.5. The lowest BCUT2D eigenvalue weighted by atomic mass is 10.2. The number of nitrogens with one attached hydrogen (secondary N) is 2. The van der Waals surface area contributed by atoms with Gasteiger partial charge in [-0.2, -0.15) is 0 Å². The van der Waals surface area contributed by atoms with Crippen LogP contribution in [0.4, 0.5) is 11.5 Å². The fourth-order valence-electron chi connectivity index (χ4n) is 2.34. The number of rotatable bonds is 7. The smallest absolute Gasteiger partial charge is 0.275 e. The van der Waals surface area contributed by atoms with Crippen LogP contribution in [0.15, 0.2) is 61.2 Å². The molecule has 0 spiro atoms. The second-order valence-electron chi connectivity index (χ2n) is 6.11. The van der Waals surface area contributed by atoms with Gasteiger partial charge in [-0.3, -0.25) is 9.78 Å². The molecule has 0 aliphatic carbocycles. The molecule has 3 aromatic rings. The highest BCUT2D eigenvalue weighted by molar-refractivity contribution is 6.03. The van der Waals surface area contributed by atoms with Crippen molar-refractivity contribution < 1.29 is 9.53 Å². The van der Waals surface area contributed by atoms with Crippen LogP contribution >= 0.6 is 0 Å². The Hall–Kier alpha value is -3.48. The molecule has 3 rings (SSSR count). The number of pyridine rings is 1. The highest BCUT2D eigenvalue weighted by Crippen LogP contribution is 2.25. The van der Waals surface area contributed by atoms with E-state index in [9.17, 15) is 4.79 Å². The first-order valence-corrected chi connectivity index (χ1v) is 8.63. The number of carbonyl (C=O) groups excluding carboxylic acids is 1. The third kappa shape index (κ3) is 5.24. The van der Waals surface area contributed by atoms with Crippen molar-refractivity contribution in [1.82, 2.24) is 15.0 Å². The summed E-state index contributed by atoms with van der Waals surface area (Å²) >= 11 is 0. The van der Waals surface area contributed by atoms with Gasteiger partial charge in [-0.1, -0.05) is 12.1 Å². The minimum Gasteiger partial charge on any atom is -0.489 e. The van der Waals surface area contributed by atoms with E-state index in [0.717, 1.165) is 5.56 Å². The van der Waals surface area contributed by atoms with Gasteiger partial charge in [0.2, 0.25) is 0 Å². The lowest BCUT2D eigenvalue weighted by Gasteiger charge is -2.14. The molecule has 7 heteroatoms. The molecule has 2 N–H and O–H groups in total. The molecule has 0 atom stereocenters. The molecule has 0 unspecified atom stereocenters. The molecule has 1 amide bonds. The first kappa shape index (κ1) is 18.3. The molecule has 0 radical (unpaired) electrons. The number of amides is 1. The molecule has 0 fully saturated rings. The van der Waals surface area contributed by atoms with Crippen LogP contribution < -0.4 is 15.4 Å². The maximum Gasteiger partial charge on any atom is 0.275 e. The minimum atomic E-state index is -0.344. The zero-order chi connectivity index (χ0) is 19.1. The molecule has 0 bridgehead atoms. The maximum absolute atomic E-state index is 12.4. The second kappa shape index (κ2) is 8.75. The maximum atomic E-state index is 12.4. The lowest BCUT2D eigenvalue weighted by molar-refractivity contribution is 0.102. The van der Waals surface area contributed by atoms with Crippen LogP contribution in [0.25, 0.3) is 0 Å². The fraction of sp³-hybridized carbons (Fsp3) is 0.200. The highest BCUT2D eigenvalue weighted by Gasteiger charge is 2.12. The first-order valence-electron chi connectivity index (χ1n) is 8.63. The molecule has 27 heavy (non-hydrogen) atoms. The Morgan fingerprint density at radius 3 is 2.56 bits per heavy atom. The van der Waals surface area contributed by atoms with Gasteiger partial charge < -0.3 is 15.4 Å². The van der Waals surface area contributed by atoms with Gasteiger partial charge in [0.05, 0.1) is 24.2 Å². The summed E-state index contributed by atoms with van der Waals surface area (Å²) in [5.41, 5.74) is 1.90. The van der Waals surface area contributed by atoms with Crippen LogP contribution in [-0.2, 0) is 6.54 Å². The van der Waals surface area contributed by atoms with Crippen molar-refractivity contribution in [3.63, 3.8) is 0 Å². The molecule has 0 saturated carbocycles. The number of benzene rings is 1. The Bertz CT molecular complexity index is 882. The molecule has 2 aromatic heterocycles. The van der Waals surface area contributed by atoms with Gasteiger partial charge in [0.1, 0.15) is 17.3 Å². The predicted octanol–water partition coefficient (Wildman–Crippen LogP) is 3.52. The summed E-state index contributed by atoms with van der Waals surface area (Å²) in [6, 6.07) is 11.1. The van der Waals surface area contributed by atoms with Crippen LogP contribution in [0.2, 0.25) is 0 Å². The average molecular weight is 363 g/mol. The number of nitrogens with zero attached hydrogens (tertiary/aromatic N) is 3. The van der Waals surface area contributed by atoms with E-state index in [0.29, 0.717) is 23.8 Å². The molecule has 0 aliphatic heterocycles. The van der Waals surface area contributed by atoms with Crippen LogP contribution in [0, 0.1) is 0 Å². The van der Waals surface area contributed by atoms with Crippen LogP contribution in [0.5, 0.6) is 5.75 Å². The lowest BCUT2D eigenvalue weighted by Crippen LogP contribution is -2.16. The molecular formula is C20H21N5O2. The Morgan fingerprint density at radius 1 is 1.07 bits per heavy atom. The largest absolute Gasteiger partial charge is 0.489 e. The van der Waals surface area contributed by atoms with E-state index < -0.39 is 0 Å². The second-order valence-corrected chi connectivity index (χ2v) is 6.11. The van der Waals surface area contributed by atoms with Crippen molar-refractivity contribution in [2.45, 2.75) is 26.5 Å². The van der Waals surface area contributed by atoms with E-state index in [-0.39, 0.29) is 17.7 Å². The predicted molar refractivity (Wildman–Crippen MR) is 104 cm³/mol. The van der Waals surface area contributed by atoms with E-state index in [2.05, 4.69) is 25.6 Å². The molecule has 0 aliphatic rings. The van der Waals surface area contributed by atoms with Gasteiger partial charge in [0, 0.05) is 18.9 Å². The molecule has 138 valence electrons. The normalized spacial score (nSPS) is 10.5. The van der Waals surface area contributed by atoms with E-state index in [1.165, 1.54) is 12.4 Å². The van der Waals surface area contributed by atoms with Gasteiger partial charge in [0.15, 0.2) is 0 Å². The number of hydrogen-bond donors (Lipinski definition) is 2. The summed E-state index contributed by atoms with van der Waals surface area (Å²) in [6.07, 6.45) is 6.45. The van der Waals surface area contributed by atoms with E-state index >= 15 is 0 Å². The van der Waals surface area contributed by atoms with Crippen molar-refractivity contribution in [1.29, 1.82) is 0 Å². The third-order valence-corrected chi connectivity index (χ3v) is 3.61. The summed E-state index contributed by atoms with van der Waals surface area (Å²) in [5.74, 6) is 0.861. The van der Waals surface area contributed by atoms with Crippen molar-refractivity contribution in [2.24, 2.45) is 0 Å². The van der Waals surface area contributed by atoms with Gasteiger partial charge in [0.25, 0.3) is 5.91 Å². The van der Waals surface area contributed by atoms with Gasteiger partial charge in [-0.25, -0.2) is 9.97 Å². The number of anilines is 2. The number of aromatic nitrogens is 3. The quantitative estimate of drug-likeness (QED) is 0.668. The van der Waals surface area contributed by atoms with Crippen LogP contribution in [0.1, 0.15) is 29.9 Å². The van der Waals surface area contributed by atoms with E-state index in [1.54, 1.807) is 18.5 Å². The van der Waals surface area contributed by atoms with E-state index in [1.807, 2.05) is 44.2 Å². The number of ether oxygens (including phenoxy) is 1. The zero-order valence-corrected chi connectivity index (χ0v) is 15.2. The van der Waals surface area contributed by atoms with Crippen LogP contribution in [0.3, 0.4) is 0 Å². The van der Waals surface area contributed by atoms with Crippen LogP contribution in [-0.4, -0.2) is 27.0 Å². The fourth-order valence-corrected chi connectivity index (χ4v) is 2.34. The summed E-state index contributed by atoms with van der Waals surface area (Å²) in [4.78, 5) is 24.9. The molecule has 7 nitrogen and oxygen atoms in total. The SMILES string of the molecule is CC(C)Oc1ccccc1NC(=O)c1cnc(NCc2ccncc2)cn1. The molecule has 0 saturated heterocycles. The monoisotopic (exact) mass is 363 g/mol. The Morgan fingerprint density at radius 2 is 1.85 bits per heavy atom. The van der Waals surface area contributed by atoms with Crippen molar-refractivity contribution in [2.75, 3.05) is 10.6 Å². The van der Waals surface area contributed by atoms with Crippen molar-refractivity contribution >= 4 is 17.4 Å². The van der Waals surface area contributed by atoms with Gasteiger partial charge in [-0.15, -0.1) is 0 Å². The zero-order valence-electron chi connectivity index (χ0n) is 15.2. The van der Waals surface area contributed by atoms with Gasteiger partial charge in [-0.05, 0) is 43.7 Å². The van der Waals surface area contributed by atoms with E-state index in [4.69, 9.17) is 4.74 Å². The summed E-state index contributed by atoms with van der Waals surface area (Å²) in [7, 11) is 0. The Balaban J connectivity index is 1.62. The Kier molecular flexibility index (Phi) is 5.94. The number of carbonyl (C=O) groups is 1. The summed E-state index contributed by atoms with van der Waals surface area (Å²) in [5, 5.41) is 5.97. The molecule has 2 heterocycles. The van der Waals surface area contributed by atoms with Crippen molar-refractivity contribution in [3.8, 4) is 5.75 Å². The minimum absolute atomic E-state index is 0.00796. The van der Waals surface area contributed by atoms with Crippen molar-refractivity contribution in [3.05, 3.63) is 72.4 Å². The first-order chi connectivity index (χ1) is 13.1. The third-order valence-electron chi connectivity index (χ3n) is 3.61. The summed E-state index contributed by atoms with van der Waals surface area (Å²) < 4.78 is 5.71. The van der Waals surface area contributed by atoms with Gasteiger partial charge >= 0.3 is 0 Å².